The Balaban J connectivity index is 5.20. The largest absolute Gasteiger partial charge is 0.472 e. The summed E-state index contributed by atoms with van der Waals surface area (Å²) in [6.45, 7) is 11.9. The van der Waals surface area contributed by atoms with E-state index >= 15 is 0 Å². The zero-order valence-electron chi connectivity index (χ0n) is 68.5. The summed E-state index contributed by atoms with van der Waals surface area (Å²) in [5, 5.41) is 10.7. The molecule has 0 aliphatic carbocycles. The molecule has 0 spiro atoms. The summed E-state index contributed by atoms with van der Waals surface area (Å²) < 4.78 is 68.8. The molecule has 3 N–H and O–H groups in total. The van der Waals surface area contributed by atoms with Gasteiger partial charge >= 0.3 is 39.5 Å². The number of phosphoric acid groups is 2. The van der Waals surface area contributed by atoms with Crippen molar-refractivity contribution in [2.75, 3.05) is 39.6 Å². The molecule has 0 aliphatic heterocycles. The Morgan fingerprint density at radius 3 is 0.731 bits per heavy atom. The quantitative estimate of drug-likeness (QED) is 0.0222. The van der Waals surface area contributed by atoms with Crippen LogP contribution in [0.25, 0.3) is 0 Å². The minimum atomic E-state index is -4.97. The molecule has 104 heavy (non-hydrogen) atoms. The minimum absolute atomic E-state index is 0.105. The molecule has 0 aromatic carbocycles. The summed E-state index contributed by atoms with van der Waals surface area (Å²) in [5.41, 5.74) is 0. The highest BCUT2D eigenvalue weighted by Crippen LogP contribution is 2.45. The van der Waals surface area contributed by atoms with Gasteiger partial charge in [-0.1, -0.05) is 395 Å². The first-order valence-corrected chi connectivity index (χ1v) is 46.9. The van der Waals surface area contributed by atoms with Crippen molar-refractivity contribution >= 4 is 39.5 Å². The van der Waals surface area contributed by atoms with E-state index < -0.39 is 97.5 Å². The molecule has 19 heteroatoms. The number of rotatable bonds is 83. The summed E-state index contributed by atoms with van der Waals surface area (Å²) in [4.78, 5) is 73.1. The van der Waals surface area contributed by atoms with Gasteiger partial charge in [0.25, 0.3) is 0 Å². The average molecular weight is 1520 g/mol. The van der Waals surface area contributed by atoms with E-state index in [0.717, 1.165) is 108 Å². The molecule has 0 saturated heterocycles. The fraction of sp³-hybridized carbons (Fsp3) is 0.953. The molecule has 17 nitrogen and oxygen atoms in total. The molecule has 0 heterocycles. The first kappa shape index (κ1) is 102. The predicted molar refractivity (Wildman–Crippen MR) is 428 cm³/mol. The van der Waals surface area contributed by atoms with Crippen LogP contribution in [0.1, 0.15) is 447 Å². The maximum absolute atomic E-state index is 13.1. The minimum Gasteiger partial charge on any atom is -0.462 e. The second kappa shape index (κ2) is 75.1. The highest BCUT2D eigenvalue weighted by Gasteiger charge is 2.30. The number of hydrogen-bond acceptors (Lipinski definition) is 15. The van der Waals surface area contributed by atoms with Crippen LogP contribution in [-0.2, 0) is 65.4 Å². The van der Waals surface area contributed by atoms with Crippen molar-refractivity contribution in [2.24, 2.45) is 17.8 Å². The van der Waals surface area contributed by atoms with Gasteiger partial charge in [-0.3, -0.25) is 37.3 Å². The number of aliphatic hydroxyl groups excluding tert-OH is 1. The van der Waals surface area contributed by atoms with Gasteiger partial charge < -0.3 is 33.8 Å². The van der Waals surface area contributed by atoms with Crippen molar-refractivity contribution in [1.29, 1.82) is 0 Å². The standard InChI is InChI=1S/C85H166O17P2/c1-8-10-11-12-13-14-15-16-17-18-19-20-24-27-30-33-38-45-52-59-66-82(87)95-72-80(101-84(89)68-61-54-46-39-34-31-28-25-22-21-23-26-29-32-37-44-51-58-65-78(7)9-2)74-99-103(91,92)97-70-79(86)71-98-104(93,94)100-75-81(73-96-83(88)67-60-53-48-41-43-50-57-64-77(5)6)102-85(90)69-62-55-47-40-35-36-42-49-56-63-76(3)4/h76-81,86H,8-75H2,1-7H3,(H,91,92)(H,93,94)/t78?,79-,80-,81-/m1/s1. The molecule has 0 bridgehead atoms. The van der Waals surface area contributed by atoms with Crippen LogP contribution in [0, 0.1) is 17.8 Å². The first-order chi connectivity index (χ1) is 50.3. The molecule has 0 aliphatic rings. The number of aliphatic hydroxyl groups is 1. The number of ether oxygens (including phenoxy) is 4. The number of unbranched alkanes of at least 4 members (excludes halogenated alkanes) is 50. The SMILES string of the molecule is CCCCCCCCCCCCCCCCCCCCCCC(=O)OC[C@H](COP(=O)(O)OC[C@@H](O)COP(=O)(O)OC[C@@H](COC(=O)CCCCCCCCCC(C)C)OC(=O)CCCCCCCCCCCC(C)C)OC(=O)CCCCCCCCCCCCCCCCCCCCC(C)CC. The van der Waals surface area contributed by atoms with E-state index in [2.05, 4.69) is 48.5 Å². The van der Waals surface area contributed by atoms with Crippen molar-refractivity contribution in [3.05, 3.63) is 0 Å². The monoisotopic (exact) mass is 1520 g/mol. The Bertz CT molecular complexity index is 2010. The van der Waals surface area contributed by atoms with Gasteiger partial charge in [0, 0.05) is 25.7 Å². The van der Waals surface area contributed by atoms with Crippen LogP contribution in [0.5, 0.6) is 0 Å². The van der Waals surface area contributed by atoms with Crippen LogP contribution in [0.15, 0.2) is 0 Å². The molecule has 0 saturated carbocycles. The number of hydrogen-bond donors (Lipinski definition) is 3. The molecular formula is C85H166O17P2. The van der Waals surface area contributed by atoms with E-state index in [1.807, 2.05) is 0 Å². The zero-order chi connectivity index (χ0) is 76.5. The molecular weight excluding hydrogens is 1350 g/mol. The molecule has 3 unspecified atom stereocenters. The Kier molecular flexibility index (Phi) is 73.7. The van der Waals surface area contributed by atoms with Gasteiger partial charge in [0.1, 0.15) is 19.3 Å². The van der Waals surface area contributed by atoms with Gasteiger partial charge in [-0.05, 0) is 43.4 Å². The Morgan fingerprint density at radius 2 is 0.490 bits per heavy atom. The van der Waals surface area contributed by atoms with Crippen LogP contribution in [0.2, 0.25) is 0 Å². The lowest BCUT2D eigenvalue weighted by Gasteiger charge is -2.21. The smallest absolute Gasteiger partial charge is 0.462 e. The third kappa shape index (κ3) is 76.8. The fourth-order valence-electron chi connectivity index (χ4n) is 13.2. The van der Waals surface area contributed by atoms with Crippen LogP contribution in [0.3, 0.4) is 0 Å². The second-order valence-electron chi connectivity index (χ2n) is 31.8. The second-order valence-corrected chi connectivity index (χ2v) is 34.7. The molecule has 618 valence electrons. The lowest BCUT2D eigenvalue weighted by atomic mass is 9.99. The van der Waals surface area contributed by atoms with E-state index in [-0.39, 0.29) is 25.7 Å². The highest BCUT2D eigenvalue weighted by molar-refractivity contribution is 7.47. The molecule has 6 atom stereocenters. The zero-order valence-corrected chi connectivity index (χ0v) is 70.3. The molecule has 0 amide bonds. The van der Waals surface area contributed by atoms with Crippen molar-refractivity contribution in [3.8, 4) is 0 Å². The van der Waals surface area contributed by atoms with Gasteiger partial charge in [0.15, 0.2) is 12.2 Å². The van der Waals surface area contributed by atoms with Gasteiger partial charge in [-0.25, -0.2) is 9.13 Å². The molecule has 0 radical (unpaired) electrons. The maximum atomic E-state index is 13.1. The normalized spacial score (nSPS) is 14.2. The topological polar surface area (TPSA) is 237 Å². The summed E-state index contributed by atoms with van der Waals surface area (Å²) in [7, 11) is -9.92. The van der Waals surface area contributed by atoms with Gasteiger partial charge in [0.05, 0.1) is 26.4 Å². The van der Waals surface area contributed by atoms with Gasteiger partial charge in [-0.15, -0.1) is 0 Å². The summed E-state index contributed by atoms with van der Waals surface area (Å²) >= 11 is 0. The average Bonchev–Trinajstić information content (AvgIpc) is 0.950. The van der Waals surface area contributed by atoms with Crippen LogP contribution >= 0.6 is 15.6 Å². The van der Waals surface area contributed by atoms with Crippen molar-refractivity contribution in [2.45, 2.75) is 465 Å². The Hall–Kier alpha value is -1.94. The number of carbonyl (C=O) groups is 4. The first-order valence-electron chi connectivity index (χ1n) is 43.9. The van der Waals surface area contributed by atoms with Gasteiger partial charge in [-0.2, -0.15) is 0 Å². The predicted octanol–water partition coefficient (Wildman–Crippen LogP) is 25.7. The van der Waals surface area contributed by atoms with Crippen molar-refractivity contribution in [3.63, 3.8) is 0 Å². The summed E-state index contributed by atoms with van der Waals surface area (Å²) in [5.74, 6) is 0.203. The lowest BCUT2D eigenvalue weighted by molar-refractivity contribution is -0.161. The summed E-state index contributed by atoms with van der Waals surface area (Å²) in [6.07, 6.45) is 65.5. The third-order valence-electron chi connectivity index (χ3n) is 20.2. The number of carbonyl (C=O) groups excluding carboxylic acids is 4. The Labute approximate surface area is 638 Å². The van der Waals surface area contributed by atoms with E-state index in [4.69, 9.17) is 37.0 Å². The molecule has 0 rings (SSSR count). The Morgan fingerprint density at radius 1 is 0.279 bits per heavy atom. The van der Waals surface area contributed by atoms with E-state index in [0.29, 0.717) is 31.6 Å². The van der Waals surface area contributed by atoms with Crippen molar-refractivity contribution in [1.82, 2.24) is 0 Å². The van der Waals surface area contributed by atoms with Crippen LogP contribution in [-0.4, -0.2) is 96.7 Å². The number of esters is 4. The van der Waals surface area contributed by atoms with Crippen LogP contribution in [0.4, 0.5) is 0 Å². The molecule has 0 aromatic rings. The fourth-order valence-corrected chi connectivity index (χ4v) is 14.7. The molecule has 0 aromatic heterocycles. The van der Waals surface area contributed by atoms with E-state index in [1.165, 1.54) is 250 Å². The lowest BCUT2D eigenvalue weighted by Crippen LogP contribution is -2.30. The highest BCUT2D eigenvalue weighted by atomic mass is 31.2. The van der Waals surface area contributed by atoms with E-state index in [9.17, 15) is 43.2 Å². The van der Waals surface area contributed by atoms with Crippen LogP contribution < -0.4 is 0 Å². The maximum Gasteiger partial charge on any atom is 0.472 e. The molecule has 0 fully saturated rings. The number of phosphoric ester groups is 2. The third-order valence-corrected chi connectivity index (χ3v) is 22.1. The summed E-state index contributed by atoms with van der Waals surface area (Å²) in [6, 6.07) is 0. The van der Waals surface area contributed by atoms with E-state index in [1.54, 1.807) is 0 Å². The van der Waals surface area contributed by atoms with Gasteiger partial charge in [0.2, 0.25) is 0 Å². The van der Waals surface area contributed by atoms with Crippen molar-refractivity contribution < 1.29 is 80.2 Å².